The van der Waals surface area contributed by atoms with Gasteiger partial charge in [0.25, 0.3) is 0 Å². The van der Waals surface area contributed by atoms with Crippen LogP contribution in [0.5, 0.6) is 0 Å². The van der Waals surface area contributed by atoms with Crippen molar-refractivity contribution < 1.29 is 4.74 Å². The van der Waals surface area contributed by atoms with Crippen LogP contribution in [0.4, 0.5) is 0 Å². The molecular formula is C11H23NO. The van der Waals surface area contributed by atoms with Gasteiger partial charge in [-0.1, -0.05) is 32.9 Å². The van der Waals surface area contributed by atoms with Crippen LogP contribution in [0.25, 0.3) is 0 Å². The summed E-state index contributed by atoms with van der Waals surface area (Å²) in [5.41, 5.74) is 7.05. The molecule has 2 nitrogen and oxygen atoms in total. The lowest BCUT2D eigenvalue weighted by Gasteiger charge is -2.35. The fourth-order valence-corrected chi connectivity index (χ4v) is 1.33. The number of ether oxygens (including phenoxy) is 1. The zero-order valence-corrected chi connectivity index (χ0v) is 9.55. The highest BCUT2D eigenvalue weighted by Crippen LogP contribution is 2.26. The van der Waals surface area contributed by atoms with Crippen LogP contribution in [0.2, 0.25) is 0 Å². The number of nitrogens with two attached hydrogens (primary N) is 1. The van der Waals surface area contributed by atoms with Crippen molar-refractivity contribution in [2.24, 2.45) is 11.1 Å². The molecule has 2 unspecified atom stereocenters. The Morgan fingerprint density at radius 3 is 2.15 bits per heavy atom. The van der Waals surface area contributed by atoms with Crippen molar-refractivity contribution in [1.82, 2.24) is 0 Å². The van der Waals surface area contributed by atoms with Crippen molar-refractivity contribution >= 4 is 0 Å². The average Bonchev–Trinajstić information content (AvgIpc) is 1.96. The highest BCUT2D eigenvalue weighted by Gasteiger charge is 2.30. The third kappa shape index (κ3) is 3.92. The largest absolute Gasteiger partial charge is 0.376 e. The predicted molar refractivity (Wildman–Crippen MR) is 57.7 cm³/mol. The standard InChI is InChI=1S/C11H23NO/c1-7-13-10(11(4,5)6)9(12)8(2)3/h9-10H,2,7,12H2,1,3-6H3. The van der Waals surface area contributed by atoms with E-state index in [4.69, 9.17) is 10.5 Å². The van der Waals surface area contributed by atoms with Gasteiger partial charge in [0.2, 0.25) is 0 Å². The quantitative estimate of drug-likeness (QED) is 0.682. The Morgan fingerprint density at radius 1 is 1.46 bits per heavy atom. The summed E-state index contributed by atoms with van der Waals surface area (Å²) in [5.74, 6) is 0. The first-order valence-electron chi connectivity index (χ1n) is 4.83. The molecule has 0 fully saturated rings. The molecule has 0 amide bonds. The van der Waals surface area contributed by atoms with Gasteiger partial charge in [-0.2, -0.15) is 0 Å². The van der Waals surface area contributed by atoms with Gasteiger partial charge >= 0.3 is 0 Å². The van der Waals surface area contributed by atoms with Gasteiger partial charge < -0.3 is 10.5 Å². The van der Waals surface area contributed by atoms with E-state index in [1.54, 1.807) is 0 Å². The van der Waals surface area contributed by atoms with Crippen molar-refractivity contribution in [2.75, 3.05) is 6.61 Å². The van der Waals surface area contributed by atoms with Crippen molar-refractivity contribution in [3.05, 3.63) is 12.2 Å². The fourth-order valence-electron chi connectivity index (χ4n) is 1.33. The third-order valence-corrected chi connectivity index (χ3v) is 2.09. The van der Waals surface area contributed by atoms with E-state index in [1.807, 2.05) is 13.8 Å². The molecule has 0 aromatic carbocycles. The second-order valence-electron chi connectivity index (χ2n) is 4.61. The lowest BCUT2D eigenvalue weighted by Crippen LogP contribution is -2.45. The fraction of sp³-hybridized carbons (Fsp3) is 0.818. The molecule has 0 spiro atoms. The van der Waals surface area contributed by atoms with Gasteiger partial charge in [0, 0.05) is 6.61 Å². The van der Waals surface area contributed by atoms with Crippen LogP contribution >= 0.6 is 0 Å². The number of hydrogen-bond donors (Lipinski definition) is 1. The Kier molecular flexibility index (Phi) is 4.65. The summed E-state index contributed by atoms with van der Waals surface area (Å²) in [6, 6.07) is -0.0695. The Labute approximate surface area is 82.2 Å². The summed E-state index contributed by atoms with van der Waals surface area (Å²) in [6.07, 6.45) is 0.0509. The highest BCUT2D eigenvalue weighted by atomic mass is 16.5. The lowest BCUT2D eigenvalue weighted by atomic mass is 9.83. The molecule has 0 bridgehead atoms. The minimum absolute atomic E-state index is 0.0509. The second kappa shape index (κ2) is 4.77. The number of hydrogen-bond acceptors (Lipinski definition) is 2. The molecule has 0 heterocycles. The molecule has 13 heavy (non-hydrogen) atoms. The lowest BCUT2D eigenvalue weighted by molar-refractivity contribution is -0.0205. The predicted octanol–water partition coefficient (Wildman–Crippen LogP) is 2.34. The van der Waals surface area contributed by atoms with Gasteiger partial charge in [-0.05, 0) is 19.3 Å². The van der Waals surface area contributed by atoms with E-state index >= 15 is 0 Å². The Bertz CT molecular complexity index is 169. The van der Waals surface area contributed by atoms with E-state index in [0.717, 1.165) is 5.57 Å². The maximum absolute atomic E-state index is 6.01. The average molecular weight is 185 g/mol. The first kappa shape index (κ1) is 12.7. The summed E-state index contributed by atoms with van der Waals surface area (Å²) in [5, 5.41) is 0. The Hall–Kier alpha value is -0.340. The van der Waals surface area contributed by atoms with E-state index < -0.39 is 0 Å². The van der Waals surface area contributed by atoms with E-state index in [2.05, 4.69) is 27.4 Å². The number of rotatable bonds is 4. The molecule has 2 atom stereocenters. The van der Waals surface area contributed by atoms with Gasteiger partial charge in [-0.15, -0.1) is 0 Å². The van der Waals surface area contributed by atoms with Crippen LogP contribution in [0.3, 0.4) is 0 Å². The summed E-state index contributed by atoms with van der Waals surface area (Å²) < 4.78 is 5.64. The van der Waals surface area contributed by atoms with Crippen molar-refractivity contribution in [3.63, 3.8) is 0 Å². The second-order valence-corrected chi connectivity index (χ2v) is 4.61. The van der Waals surface area contributed by atoms with Crippen LogP contribution in [0.15, 0.2) is 12.2 Å². The summed E-state index contributed by atoms with van der Waals surface area (Å²) in [7, 11) is 0. The van der Waals surface area contributed by atoms with E-state index in [-0.39, 0.29) is 17.6 Å². The summed E-state index contributed by atoms with van der Waals surface area (Å²) in [4.78, 5) is 0. The Balaban J connectivity index is 4.51. The third-order valence-electron chi connectivity index (χ3n) is 2.09. The van der Waals surface area contributed by atoms with Crippen LogP contribution in [0.1, 0.15) is 34.6 Å². The van der Waals surface area contributed by atoms with Crippen LogP contribution in [-0.2, 0) is 4.74 Å². The zero-order valence-electron chi connectivity index (χ0n) is 9.55. The van der Waals surface area contributed by atoms with Gasteiger partial charge in [-0.25, -0.2) is 0 Å². The molecule has 2 heteroatoms. The maximum Gasteiger partial charge on any atom is 0.0812 e. The molecule has 78 valence electrons. The first-order chi connectivity index (χ1) is 5.80. The summed E-state index contributed by atoms with van der Waals surface area (Å²) in [6.45, 7) is 14.9. The molecular weight excluding hydrogens is 162 g/mol. The minimum Gasteiger partial charge on any atom is -0.376 e. The monoisotopic (exact) mass is 185 g/mol. The molecule has 0 saturated carbocycles. The van der Waals surface area contributed by atoms with E-state index in [0.29, 0.717) is 6.61 Å². The minimum atomic E-state index is -0.0695. The molecule has 0 aliphatic heterocycles. The normalized spacial score (nSPS) is 16.8. The maximum atomic E-state index is 6.01. The Morgan fingerprint density at radius 2 is 1.92 bits per heavy atom. The molecule has 0 saturated heterocycles. The highest BCUT2D eigenvalue weighted by molar-refractivity contribution is 5.06. The molecule has 0 rings (SSSR count). The molecule has 2 N–H and O–H groups in total. The van der Waals surface area contributed by atoms with Crippen molar-refractivity contribution in [3.8, 4) is 0 Å². The van der Waals surface area contributed by atoms with Crippen molar-refractivity contribution in [1.29, 1.82) is 0 Å². The molecule has 0 aliphatic carbocycles. The topological polar surface area (TPSA) is 35.2 Å². The summed E-state index contributed by atoms with van der Waals surface area (Å²) >= 11 is 0. The zero-order chi connectivity index (χ0) is 10.6. The van der Waals surface area contributed by atoms with Crippen LogP contribution in [0, 0.1) is 5.41 Å². The van der Waals surface area contributed by atoms with Crippen molar-refractivity contribution in [2.45, 2.75) is 46.8 Å². The molecule has 0 aliphatic rings. The van der Waals surface area contributed by atoms with Crippen LogP contribution in [-0.4, -0.2) is 18.8 Å². The molecule has 0 aromatic rings. The van der Waals surface area contributed by atoms with E-state index in [1.165, 1.54) is 0 Å². The van der Waals surface area contributed by atoms with Gasteiger partial charge in [0.1, 0.15) is 0 Å². The van der Waals surface area contributed by atoms with Crippen LogP contribution < -0.4 is 5.73 Å². The van der Waals surface area contributed by atoms with Gasteiger partial charge in [0.15, 0.2) is 0 Å². The first-order valence-corrected chi connectivity index (χ1v) is 4.83. The smallest absolute Gasteiger partial charge is 0.0812 e. The molecule has 0 aromatic heterocycles. The molecule has 0 radical (unpaired) electrons. The van der Waals surface area contributed by atoms with Gasteiger partial charge in [0.05, 0.1) is 12.1 Å². The van der Waals surface area contributed by atoms with Gasteiger partial charge in [-0.3, -0.25) is 0 Å². The van der Waals surface area contributed by atoms with E-state index in [9.17, 15) is 0 Å². The SMILES string of the molecule is C=C(C)C(N)C(OCC)C(C)(C)C.